The molecule has 0 amide bonds. The Hall–Kier alpha value is -1.26. The Morgan fingerprint density at radius 1 is 1.15 bits per heavy atom. The fraction of sp³-hybridized carbons (Fsp3) is 0.625. The molecule has 4 nitrogen and oxygen atoms in total. The van der Waals surface area contributed by atoms with E-state index in [2.05, 4.69) is 13.8 Å². The number of hydrogen-bond donors (Lipinski definition) is 2. The average Bonchev–Trinajstić information content (AvgIpc) is 2.44. The third kappa shape index (κ3) is 6.78. The van der Waals surface area contributed by atoms with Crippen molar-refractivity contribution in [2.75, 3.05) is 19.8 Å². The van der Waals surface area contributed by atoms with Gasteiger partial charge in [0.25, 0.3) is 0 Å². The summed E-state index contributed by atoms with van der Waals surface area (Å²) in [5.41, 5.74) is 0. The highest BCUT2D eigenvalue weighted by molar-refractivity contribution is 5.31. The third-order valence-corrected chi connectivity index (χ3v) is 3.20. The molecule has 0 saturated carbocycles. The summed E-state index contributed by atoms with van der Waals surface area (Å²) in [5.74, 6) is 1.26. The predicted molar refractivity (Wildman–Crippen MR) is 79.1 cm³/mol. The highest BCUT2D eigenvalue weighted by Crippen LogP contribution is 2.17. The second kappa shape index (κ2) is 9.61. The van der Waals surface area contributed by atoms with Crippen molar-refractivity contribution in [2.24, 2.45) is 5.92 Å². The Bertz CT molecular complexity index is 367. The van der Waals surface area contributed by atoms with Crippen LogP contribution in [-0.4, -0.2) is 36.1 Å². The van der Waals surface area contributed by atoms with Crippen LogP contribution in [0.1, 0.15) is 33.1 Å². The zero-order chi connectivity index (χ0) is 14.8. The zero-order valence-electron chi connectivity index (χ0n) is 12.4. The van der Waals surface area contributed by atoms with Gasteiger partial charge in [0, 0.05) is 12.7 Å². The number of aliphatic hydroxyl groups excluding tert-OH is 1. The normalized spacial score (nSPS) is 13.9. The Morgan fingerprint density at radius 3 is 2.60 bits per heavy atom. The molecule has 2 unspecified atom stereocenters. The number of phenols is 1. The molecule has 4 heteroatoms. The van der Waals surface area contributed by atoms with Gasteiger partial charge in [-0.1, -0.05) is 32.8 Å². The van der Waals surface area contributed by atoms with Gasteiger partial charge in [-0.2, -0.15) is 0 Å². The Morgan fingerprint density at radius 2 is 1.95 bits per heavy atom. The molecule has 2 N–H and O–H groups in total. The monoisotopic (exact) mass is 282 g/mol. The molecule has 2 atom stereocenters. The van der Waals surface area contributed by atoms with E-state index in [0.29, 0.717) is 18.3 Å². The summed E-state index contributed by atoms with van der Waals surface area (Å²) in [7, 11) is 0. The van der Waals surface area contributed by atoms with Gasteiger partial charge in [0.05, 0.1) is 6.61 Å². The first-order chi connectivity index (χ1) is 9.65. The number of hydrogen-bond acceptors (Lipinski definition) is 4. The molecule has 1 aromatic carbocycles. The van der Waals surface area contributed by atoms with Crippen LogP contribution < -0.4 is 4.74 Å². The fourth-order valence-electron chi connectivity index (χ4n) is 2.00. The number of aliphatic hydroxyl groups is 1. The highest BCUT2D eigenvalue weighted by Gasteiger charge is 2.09. The third-order valence-electron chi connectivity index (χ3n) is 3.20. The van der Waals surface area contributed by atoms with Gasteiger partial charge in [0.1, 0.15) is 24.2 Å². The summed E-state index contributed by atoms with van der Waals surface area (Å²) in [4.78, 5) is 0. The number of phenolic OH excluding ortho intramolecular Hbond substituents is 1. The van der Waals surface area contributed by atoms with Crippen LogP contribution in [0, 0.1) is 5.92 Å². The molecular formula is C16H26O4. The molecule has 0 aliphatic carbocycles. The van der Waals surface area contributed by atoms with E-state index in [4.69, 9.17) is 9.47 Å². The molecule has 0 radical (unpaired) electrons. The van der Waals surface area contributed by atoms with Crippen molar-refractivity contribution in [3.63, 3.8) is 0 Å². The number of benzene rings is 1. The maximum absolute atomic E-state index is 9.78. The number of rotatable bonds is 10. The molecule has 0 saturated heterocycles. The second-order valence-corrected chi connectivity index (χ2v) is 5.06. The molecule has 0 aliphatic heterocycles. The number of aromatic hydroxyl groups is 1. The summed E-state index contributed by atoms with van der Waals surface area (Å²) in [6.45, 7) is 5.45. The van der Waals surface area contributed by atoms with Crippen LogP contribution in [-0.2, 0) is 4.74 Å². The van der Waals surface area contributed by atoms with Crippen LogP contribution in [0.25, 0.3) is 0 Å². The van der Waals surface area contributed by atoms with Crippen LogP contribution in [0.2, 0.25) is 0 Å². The molecular weight excluding hydrogens is 256 g/mol. The van der Waals surface area contributed by atoms with E-state index in [1.165, 1.54) is 6.07 Å². The van der Waals surface area contributed by atoms with E-state index in [1.54, 1.807) is 18.2 Å². The lowest BCUT2D eigenvalue weighted by Crippen LogP contribution is -2.25. The van der Waals surface area contributed by atoms with Crippen molar-refractivity contribution in [3.05, 3.63) is 24.3 Å². The van der Waals surface area contributed by atoms with E-state index in [-0.39, 0.29) is 19.0 Å². The maximum Gasteiger partial charge on any atom is 0.123 e. The quantitative estimate of drug-likeness (QED) is 0.692. The molecule has 1 aromatic rings. The number of ether oxygens (including phenoxy) is 2. The van der Waals surface area contributed by atoms with Gasteiger partial charge in [-0.05, 0) is 24.5 Å². The topological polar surface area (TPSA) is 58.9 Å². The van der Waals surface area contributed by atoms with E-state index >= 15 is 0 Å². The van der Waals surface area contributed by atoms with Gasteiger partial charge in [0.15, 0.2) is 0 Å². The first-order valence-corrected chi connectivity index (χ1v) is 7.33. The molecule has 0 aliphatic rings. The van der Waals surface area contributed by atoms with Crippen LogP contribution in [0.5, 0.6) is 11.5 Å². The molecule has 1 rings (SSSR count). The average molecular weight is 282 g/mol. The predicted octanol–water partition coefficient (Wildman–Crippen LogP) is 2.97. The molecule has 0 spiro atoms. The minimum absolute atomic E-state index is 0.151. The van der Waals surface area contributed by atoms with Crippen molar-refractivity contribution >= 4 is 0 Å². The lowest BCUT2D eigenvalue weighted by Gasteiger charge is -2.17. The van der Waals surface area contributed by atoms with Crippen LogP contribution in [0.15, 0.2) is 24.3 Å². The van der Waals surface area contributed by atoms with Crippen molar-refractivity contribution in [1.29, 1.82) is 0 Å². The van der Waals surface area contributed by atoms with E-state index in [9.17, 15) is 10.2 Å². The van der Waals surface area contributed by atoms with E-state index in [0.717, 1.165) is 19.3 Å². The molecule has 114 valence electrons. The van der Waals surface area contributed by atoms with Gasteiger partial charge in [-0.25, -0.2) is 0 Å². The van der Waals surface area contributed by atoms with Crippen molar-refractivity contribution in [1.82, 2.24) is 0 Å². The van der Waals surface area contributed by atoms with E-state index < -0.39 is 6.10 Å². The smallest absolute Gasteiger partial charge is 0.123 e. The highest BCUT2D eigenvalue weighted by atomic mass is 16.5. The van der Waals surface area contributed by atoms with Gasteiger partial charge in [-0.15, -0.1) is 0 Å². The molecule has 0 fully saturated rings. The first kappa shape index (κ1) is 16.8. The van der Waals surface area contributed by atoms with E-state index in [1.807, 2.05) is 0 Å². The second-order valence-electron chi connectivity index (χ2n) is 5.06. The lowest BCUT2D eigenvalue weighted by atomic mass is 10.0. The molecule has 20 heavy (non-hydrogen) atoms. The van der Waals surface area contributed by atoms with Crippen molar-refractivity contribution in [3.8, 4) is 11.5 Å². The minimum Gasteiger partial charge on any atom is -0.508 e. The summed E-state index contributed by atoms with van der Waals surface area (Å²) in [6.07, 6.45) is 2.76. The summed E-state index contributed by atoms with van der Waals surface area (Å²) in [6, 6.07) is 6.53. The summed E-state index contributed by atoms with van der Waals surface area (Å²) in [5, 5.41) is 19.1. The maximum atomic E-state index is 9.78. The summed E-state index contributed by atoms with van der Waals surface area (Å²) < 4.78 is 10.9. The van der Waals surface area contributed by atoms with Crippen molar-refractivity contribution in [2.45, 2.75) is 39.2 Å². The van der Waals surface area contributed by atoms with Gasteiger partial charge in [-0.3, -0.25) is 0 Å². The van der Waals surface area contributed by atoms with Crippen LogP contribution in [0.4, 0.5) is 0 Å². The first-order valence-electron chi connectivity index (χ1n) is 7.33. The Kier molecular flexibility index (Phi) is 8.07. The SMILES string of the molecule is CCCC(CC)COCC(O)COc1cccc(O)c1. The van der Waals surface area contributed by atoms with Crippen LogP contribution >= 0.6 is 0 Å². The van der Waals surface area contributed by atoms with Gasteiger partial charge < -0.3 is 19.7 Å². The van der Waals surface area contributed by atoms with Gasteiger partial charge >= 0.3 is 0 Å². The summed E-state index contributed by atoms with van der Waals surface area (Å²) >= 11 is 0. The zero-order valence-corrected chi connectivity index (χ0v) is 12.4. The standard InChI is InChI=1S/C16H26O4/c1-3-6-13(4-2)10-19-11-15(18)12-20-16-8-5-7-14(17)9-16/h5,7-9,13,15,17-18H,3-4,6,10-12H2,1-2H3. The Balaban J connectivity index is 2.18. The van der Waals surface area contributed by atoms with Gasteiger partial charge in [0.2, 0.25) is 0 Å². The largest absolute Gasteiger partial charge is 0.508 e. The fourth-order valence-corrected chi connectivity index (χ4v) is 2.00. The molecule has 0 heterocycles. The minimum atomic E-state index is -0.656. The molecule has 0 bridgehead atoms. The lowest BCUT2D eigenvalue weighted by molar-refractivity contribution is -0.000970. The van der Waals surface area contributed by atoms with Crippen LogP contribution in [0.3, 0.4) is 0 Å². The van der Waals surface area contributed by atoms with Crippen molar-refractivity contribution < 1.29 is 19.7 Å². The Labute approximate surface area is 121 Å². The molecule has 0 aromatic heterocycles.